The molecular weight excluding hydrogens is 230 g/mol. The molecule has 0 aliphatic carbocycles. The van der Waals surface area contributed by atoms with E-state index in [0.29, 0.717) is 6.42 Å². The fourth-order valence-electron chi connectivity index (χ4n) is 1.90. The van der Waals surface area contributed by atoms with E-state index < -0.39 is 0 Å². The van der Waals surface area contributed by atoms with Crippen LogP contribution in [0.15, 0.2) is 18.6 Å². The summed E-state index contributed by atoms with van der Waals surface area (Å²) in [5, 5.41) is 8.57. The van der Waals surface area contributed by atoms with Crippen LogP contribution in [-0.4, -0.2) is 24.5 Å². The van der Waals surface area contributed by atoms with E-state index in [-0.39, 0.29) is 12.1 Å². The molecule has 0 saturated heterocycles. The largest absolute Gasteiger partial charge is 0.275 e. The van der Waals surface area contributed by atoms with Gasteiger partial charge < -0.3 is 0 Å². The van der Waals surface area contributed by atoms with Crippen molar-refractivity contribution in [2.75, 3.05) is 0 Å². The maximum atomic E-state index is 5.60. The van der Waals surface area contributed by atoms with Gasteiger partial charge in [0.2, 0.25) is 0 Å². The van der Waals surface area contributed by atoms with Crippen LogP contribution >= 0.6 is 0 Å². The van der Waals surface area contributed by atoms with Crippen LogP contribution < -0.4 is 11.3 Å². The van der Waals surface area contributed by atoms with Crippen molar-refractivity contribution in [1.82, 2.24) is 30.0 Å². The van der Waals surface area contributed by atoms with Gasteiger partial charge in [-0.3, -0.25) is 16.0 Å². The molecule has 3 N–H and O–H groups in total. The maximum absolute atomic E-state index is 5.60. The first-order chi connectivity index (χ1) is 8.61. The second-order valence-electron chi connectivity index (χ2n) is 4.55. The zero-order chi connectivity index (χ0) is 13.1. The molecule has 1 unspecified atom stereocenters. The third-order valence-electron chi connectivity index (χ3n) is 2.82. The second-order valence-corrected chi connectivity index (χ2v) is 4.55. The summed E-state index contributed by atoms with van der Waals surface area (Å²) < 4.78 is 3.65. The van der Waals surface area contributed by atoms with E-state index in [9.17, 15) is 0 Å². The van der Waals surface area contributed by atoms with Gasteiger partial charge in [0, 0.05) is 25.7 Å². The van der Waals surface area contributed by atoms with E-state index in [0.717, 1.165) is 11.5 Å². The zero-order valence-electron chi connectivity index (χ0n) is 10.9. The molecule has 7 heteroatoms. The van der Waals surface area contributed by atoms with E-state index in [1.54, 1.807) is 11.0 Å². The molecule has 2 aromatic heterocycles. The lowest BCUT2D eigenvalue weighted by Crippen LogP contribution is -2.31. The van der Waals surface area contributed by atoms with Crippen LogP contribution in [0.4, 0.5) is 0 Å². The molecule has 7 nitrogen and oxygen atoms in total. The molecule has 0 fully saturated rings. The molecule has 2 aromatic rings. The lowest BCUT2D eigenvalue weighted by atomic mass is 10.1. The minimum atomic E-state index is -0.0621. The van der Waals surface area contributed by atoms with Gasteiger partial charge >= 0.3 is 0 Å². The maximum Gasteiger partial charge on any atom is 0.138 e. The second kappa shape index (κ2) is 5.28. The third kappa shape index (κ3) is 2.57. The number of nitrogens with two attached hydrogens (primary N) is 1. The lowest BCUT2D eigenvalue weighted by Gasteiger charge is -2.15. The average molecular weight is 249 g/mol. The highest BCUT2D eigenvalue weighted by atomic mass is 15.4. The average Bonchev–Trinajstić information content (AvgIpc) is 2.94. The summed E-state index contributed by atoms with van der Waals surface area (Å²) in [7, 11) is 1.88. The Morgan fingerprint density at radius 2 is 2.22 bits per heavy atom. The van der Waals surface area contributed by atoms with Crippen LogP contribution in [0.2, 0.25) is 0 Å². The van der Waals surface area contributed by atoms with E-state index in [4.69, 9.17) is 5.84 Å². The number of hydrazine groups is 1. The first-order valence-corrected chi connectivity index (χ1v) is 5.96. The zero-order valence-corrected chi connectivity index (χ0v) is 10.9. The van der Waals surface area contributed by atoms with E-state index >= 15 is 0 Å². The number of hydrogen-bond acceptors (Lipinski definition) is 5. The van der Waals surface area contributed by atoms with Crippen molar-refractivity contribution in [3.05, 3.63) is 30.1 Å². The summed E-state index contributed by atoms with van der Waals surface area (Å²) in [6.45, 7) is 4.15. The molecule has 18 heavy (non-hydrogen) atoms. The molecule has 0 saturated carbocycles. The van der Waals surface area contributed by atoms with Crippen molar-refractivity contribution in [2.45, 2.75) is 32.4 Å². The van der Waals surface area contributed by atoms with Gasteiger partial charge in [-0.05, 0) is 19.9 Å². The van der Waals surface area contributed by atoms with Crippen molar-refractivity contribution in [3.63, 3.8) is 0 Å². The summed E-state index contributed by atoms with van der Waals surface area (Å²) in [5.74, 6) is 6.50. The van der Waals surface area contributed by atoms with E-state index in [1.807, 2.05) is 24.0 Å². The third-order valence-corrected chi connectivity index (χ3v) is 2.82. The molecule has 0 bridgehead atoms. The van der Waals surface area contributed by atoms with Crippen LogP contribution in [-0.2, 0) is 13.5 Å². The van der Waals surface area contributed by atoms with Crippen molar-refractivity contribution in [2.24, 2.45) is 12.9 Å². The number of rotatable bonds is 5. The van der Waals surface area contributed by atoms with Crippen molar-refractivity contribution in [1.29, 1.82) is 0 Å². The number of aryl methyl sites for hydroxylation is 1. The highest BCUT2D eigenvalue weighted by Gasteiger charge is 2.17. The minimum Gasteiger partial charge on any atom is -0.275 e. The molecule has 0 aliphatic rings. The Balaban J connectivity index is 2.18. The van der Waals surface area contributed by atoms with Gasteiger partial charge in [0.1, 0.15) is 12.2 Å². The summed E-state index contributed by atoms with van der Waals surface area (Å²) in [4.78, 5) is 4.28. The summed E-state index contributed by atoms with van der Waals surface area (Å²) in [6.07, 6.45) is 4.12. The number of hydrogen-bond donors (Lipinski definition) is 2. The van der Waals surface area contributed by atoms with Crippen molar-refractivity contribution in [3.8, 4) is 0 Å². The fourth-order valence-corrected chi connectivity index (χ4v) is 1.90. The summed E-state index contributed by atoms with van der Waals surface area (Å²) in [5.41, 5.74) is 3.68. The first-order valence-electron chi connectivity index (χ1n) is 5.96. The first kappa shape index (κ1) is 12.7. The van der Waals surface area contributed by atoms with Crippen LogP contribution in [0.3, 0.4) is 0 Å². The molecular formula is C11H19N7. The highest BCUT2D eigenvalue weighted by Crippen LogP contribution is 2.16. The standard InChI is InChI=1S/C11H19N7/c1-8(2)18-11(13-7-14-18)6-10(15-12)9-4-5-17(3)16-9/h4-5,7-8,10,15H,6,12H2,1-3H3. The van der Waals surface area contributed by atoms with Gasteiger partial charge in [0.05, 0.1) is 11.7 Å². The molecule has 98 valence electrons. The Hall–Kier alpha value is -1.73. The molecule has 0 aromatic carbocycles. The van der Waals surface area contributed by atoms with Gasteiger partial charge in [0.15, 0.2) is 0 Å². The van der Waals surface area contributed by atoms with E-state index in [1.165, 1.54) is 0 Å². The van der Waals surface area contributed by atoms with Gasteiger partial charge in [-0.25, -0.2) is 9.67 Å². The van der Waals surface area contributed by atoms with Crippen LogP contribution in [0.5, 0.6) is 0 Å². The number of nitrogens with one attached hydrogen (secondary N) is 1. The van der Waals surface area contributed by atoms with Gasteiger partial charge in [-0.2, -0.15) is 10.2 Å². The normalized spacial score (nSPS) is 13.2. The van der Waals surface area contributed by atoms with Crippen molar-refractivity contribution >= 4 is 0 Å². The predicted molar refractivity (Wildman–Crippen MR) is 67.4 cm³/mol. The van der Waals surface area contributed by atoms with Crippen LogP contribution in [0.1, 0.15) is 37.4 Å². The molecule has 2 heterocycles. The Morgan fingerprint density at radius 3 is 2.78 bits per heavy atom. The van der Waals surface area contributed by atoms with Gasteiger partial charge in [0.25, 0.3) is 0 Å². The summed E-state index contributed by atoms with van der Waals surface area (Å²) >= 11 is 0. The predicted octanol–water partition coefficient (Wildman–Crippen LogP) is 0.340. The van der Waals surface area contributed by atoms with Crippen LogP contribution in [0.25, 0.3) is 0 Å². The van der Waals surface area contributed by atoms with Gasteiger partial charge in [-0.15, -0.1) is 0 Å². The Morgan fingerprint density at radius 1 is 1.44 bits per heavy atom. The lowest BCUT2D eigenvalue weighted by molar-refractivity contribution is 0.461. The molecule has 2 rings (SSSR count). The summed E-state index contributed by atoms with van der Waals surface area (Å²) in [6, 6.07) is 2.17. The molecule has 0 radical (unpaired) electrons. The molecule has 0 amide bonds. The molecule has 0 aliphatic heterocycles. The SMILES string of the molecule is CC(C)n1ncnc1CC(NN)c1ccn(C)n1. The monoisotopic (exact) mass is 249 g/mol. The van der Waals surface area contributed by atoms with Crippen molar-refractivity contribution < 1.29 is 0 Å². The number of aromatic nitrogens is 5. The van der Waals surface area contributed by atoms with E-state index in [2.05, 4.69) is 34.5 Å². The fraction of sp³-hybridized carbons (Fsp3) is 0.545. The molecule has 0 spiro atoms. The Labute approximate surface area is 106 Å². The Kier molecular flexibility index (Phi) is 3.73. The van der Waals surface area contributed by atoms with Crippen LogP contribution in [0, 0.1) is 0 Å². The Bertz CT molecular complexity index is 499. The highest BCUT2D eigenvalue weighted by molar-refractivity contribution is 5.08. The van der Waals surface area contributed by atoms with Gasteiger partial charge in [-0.1, -0.05) is 0 Å². The minimum absolute atomic E-state index is 0.0621. The molecule has 1 atom stereocenters. The topological polar surface area (TPSA) is 86.6 Å². The number of nitrogens with zero attached hydrogens (tertiary/aromatic N) is 5. The quantitative estimate of drug-likeness (QED) is 0.589. The smallest absolute Gasteiger partial charge is 0.138 e.